The highest BCUT2D eigenvalue weighted by Gasteiger charge is 2.16. The zero-order valence-electron chi connectivity index (χ0n) is 14.7. The Labute approximate surface area is 149 Å². The lowest BCUT2D eigenvalue weighted by Gasteiger charge is -2.10. The summed E-state index contributed by atoms with van der Waals surface area (Å²) in [6.45, 7) is 2.82. The third kappa shape index (κ3) is 5.91. The van der Waals surface area contributed by atoms with E-state index in [0.29, 0.717) is 23.5 Å². The van der Waals surface area contributed by atoms with Crippen molar-refractivity contribution in [1.29, 1.82) is 0 Å². The molecule has 0 radical (unpaired) electrons. The molecule has 0 saturated carbocycles. The van der Waals surface area contributed by atoms with E-state index in [1.54, 1.807) is 42.5 Å². The monoisotopic (exact) mass is 342 g/mol. The lowest BCUT2D eigenvalue weighted by atomic mass is 10.0. The average molecular weight is 342 g/mol. The summed E-state index contributed by atoms with van der Waals surface area (Å²) in [7, 11) is 0. The number of carbonyl (C=O) groups excluding carboxylic acids is 1. The molecule has 0 aliphatic carbocycles. The van der Waals surface area contributed by atoms with Crippen LogP contribution in [-0.2, 0) is 0 Å². The molecule has 4 heteroatoms. The summed E-state index contributed by atoms with van der Waals surface area (Å²) >= 11 is 0. The maximum atomic E-state index is 12.5. The Morgan fingerprint density at radius 2 is 1.68 bits per heavy atom. The molecule has 2 aromatic carbocycles. The van der Waals surface area contributed by atoms with Gasteiger partial charge >= 0.3 is 0 Å². The van der Waals surface area contributed by atoms with Gasteiger partial charge in [-0.05, 0) is 18.6 Å². The molecule has 0 aliphatic rings. The molecule has 0 amide bonds. The Morgan fingerprint density at radius 3 is 2.40 bits per heavy atom. The molecule has 0 bridgehead atoms. The van der Waals surface area contributed by atoms with E-state index in [1.165, 1.54) is 25.7 Å². The highest BCUT2D eigenvalue weighted by molar-refractivity contribution is 6.10. The third-order valence-electron chi connectivity index (χ3n) is 4.10. The van der Waals surface area contributed by atoms with Crippen LogP contribution in [0.2, 0.25) is 0 Å². The van der Waals surface area contributed by atoms with E-state index in [2.05, 4.69) is 11.8 Å². The van der Waals surface area contributed by atoms with E-state index >= 15 is 0 Å². The van der Waals surface area contributed by atoms with Gasteiger partial charge in [0.2, 0.25) is 0 Å². The van der Waals surface area contributed by atoms with Gasteiger partial charge in [-0.1, -0.05) is 69.4 Å². The summed E-state index contributed by atoms with van der Waals surface area (Å²) in [5, 5.41) is 9.12. The van der Waals surface area contributed by atoms with E-state index in [9.17, 15) is 4.79 Å². The highest BCUT2D eigenvalue weighted by atomic mass is 17.1. The van der Waals surface area contributed by atoms with Crippen molar-refractivity contribution in [2.45, 2.75) is 45.4 Å². The molecular weight excluding hydrogens is 316 g/mol. The van der Waals surface area contributed by atoms with E-state index < -0.39 is 0 Å². The summed E-state index contributed by atoms with van der Waals surface area (Å²) in [6.07, 6.45) is 7.17. The summed E-state index contributed by atoms with van der Waals surface area (Å²) in [5.74, 6) is 0.489. The summed E-state index contributed by atoms with van der Waals surface area (Å²) in [4.78, 5) is 16.9. The van der Waals surface area contributed by atoms with Crippen LogP contribution >= 0.6 is 0 Å². The molecule has 0 fully saturated rings. The number of rotatable bonds is 11. The second-order valence-electron chi connectivity index (χ2n) is 6.06. The van der Waals surface area contributed by atoms with Crippen LogP contribution < -0.4 is 9.62 Å². The fraction of sp³-hybridized carbons (Fsp3) is 0.381. The highest BCUT2D eigenvalue weighted by Crippen LogP contribution is 2.27. The molecule has 2 aromatic rings. The number of benzene rings is 2. The van der Waals surface area contributed by atoms with Gasteiger partial charge < -0.3 is 9.62 Å². The summed E-state index contributed by atoms with van der Waals surface area (Å²) in [6, 6.07) is 13.8. The van der Waals surface area contributed by atoms with Gasteiger partial charge in [0.15, 0.2) is 11.5 Å². The molecule has 0 aliphatic heterocycles. The van der Waals surface area contributed by atoms with Crippen molar-refractivity contribution in [3.05, 3.63) is 59.7 Å². The predicted molar refractivity (Wildman–Crippen MR) is 98.4 cm³/mol. The second-order valence-corrected chi connectivity index (χ2v) is 6.06. The Kier molecular flexibility index (Phi) is 7.99. The minimum atomic E-state index is -0.202. The Balaban J connectivity index is 1.92. The van der Waals surface area contributed by atoms with E-state index in [0.717, 1.165) is 12.8 Å². The maximum absolute atomic E-state index is 12.5. The molecule has 4 nitrogen and oxygen atoms in total. The fourth-order valence-corrected chi connectivity index (χ4v) is 2.67. The van der Waals surface area contributed by atoms with Crippen LogP contribution in [0.4, 0.5) is 0 Å². The Hall–Kier alpha value is -2.33. The first-order valence-corrected chi connectivity index (χ1v) is 8.94. The summed E-state index contributed by atoms with van der Waals surface area (Å²) in [5.41, 5.74) is 0.849. The first-order valence-electron chi connectivity index (χ1n) is 8.94. The van der Waals surface area contributed by atoms with Gasteiger partial charge in [0.05, 0.1) is 12.2 Å². The molecule has 25 heavy (non-hydrogen) atoms. The van der Waals surface area contributed by atoms with Crippen LogP contribution in [0.5, 0.6) is 11.5 Å². The number of unbranched alkanes of at least 4 members (excludes halogenated alkanes) is 5. The van der Waals surface area contributed by atoms with Gasteiger partial charge in [0.25, 0.3) is 0 Å². The standard InChI is InChI=1S/C21H26O4/c1-2-3-4-5-6-10-15-24-18-13-14-19(20(16-18)25-23)21(22)17-11-8-7-9-12-17/h7-9,11-14,16,23H,2-6,10,15H2,1H3. The van der Waals surface area contributed by atoms with Gasteiger partial charge in [-0.25, -0.2) is 5.26 Å². The first-order chi connectivity index (χ1) is 12.3. The minimum absolute atomic E-state index is 0.106. The van der Waals surface area contributed by atoms with Crippen molar-refractivity contribution in [3.8, 4) is 11.5 Å². The van der Waals surface area contributed by atoms with Crippen molar-refractivity contribution in [2.75, 3.05) is 6.61 Å². The molecule has 0 atom stereocenters. The van der Waals surface area contributed by atoms with Gasteiger partial charge in [0.1, 0.15) is 5.75 Å². The maximum Gasteiger partial charge on any atom is 0.196 e. The van der Waals surface area contributed by atoms with Crippen LogP contribution in [0.3, 0.4) is 0 Å². The quantitative estimate of drug-likeness (QED) is 0.253. The van der Waals surface area contributed by atoms with Crippen molar-refractivity contribution in [2.24, 2.45) is 0 Å². The number of hydrogen-bond donors (Lipinski definition) is 1. The Morgan fingerprint density at radius 1 is 0.960 bits per heavy atom. The lowest BCUT2D eigenvalue weighted by molar-refractivity contribution is -0.138. The molecule has 0 heterocycles. The van der Waals surface area contributed by atoms with Gasteiger partial charge in [-0.2, -0.15) is 0 Å². The normalized spacial score (nSPS) is 10.5. The largest absolute Gasteiger partial charge is 0.493 e. The SMILES string of the molecule is CCCCCCCCOc1ccc(C(=O)c2ccccc2)c(OO)c1. The molecular formula is C21H26O4. The zero-order valence-corrected chi connectivity index (χ0v) is 14.7. The van der Waals surface area contributed by atoms with Crippen LogP contribution in [0.15, 0.2) is 48.5 Å². The molecule has 0 spiro atoms. The van der Waals surface area contributed by atoms with Crippen LogP contribution in [0.1, 0.15) is 61.4 Å². The molecule has 0 aromatic heterocycles. The second kappa shape index (κ2) is 10.5. The third-order valence-corrected chi connectivity index (χ3v) is 4.10. The van der Waals surface area contributed by atoms with Crippen molar-refractivity contribution >= 4 is 5.78 Å². The molecule has 1 N–H and O–H groups in total. The van der Waals surface area contributed by atoms with Crippen molar-refractivity contribution < 1.29 is 19.7 Å². The number of carbonyl (C=O) groups is 1. The van der Waals surface area contributed by atoms with Crippen molar-refractivity contribution in [1.82, 2.24) is 0 Å². The topological polar surface area (TPSA) is 55.8 Å². The minimum Gasteiger partial charge on any atom is -0.493 e. The molecule has 134 valence electrons. The number of hydrogen-bond acceptors (Lipinski definition) is 4. The van der Waals surface area contributed by atoms with E-state index in [-0.39, 0.29) is 11.5 Å². The lowest BCUT2D eigenvalue weighted by Crippen LogP contribution is -2.05. The van der Waals surface area contributed by atoms with Crippen molar-refractivity contribution in [3.63, 3.8) is 0 Å². The zero-order chi connectivity index (χ0) is 17.9. The van der Waals surface area contributed by atoms with Crippen LogP contribution in [0, 0.1) is 0 Å². The van der Waals surface area contributed by atoms with Gasteiger partial charge in [0, 0.05) is 11.6 Å². The Bertz CT molecular complexity index is 652. The summed E-state index contributed by atoms with van der Waals surface area (Å²) < 4.78 is 5.69. The molecule has 2 rings (SSSR count). The predicted octanol–water partition coefficient (Wildman–Crippen LogP) is 5.51. The number of ether oxygens (including phenoxy) is 1. The molecule has 0 saturated heterocycles. The van der Waals surface area contributed by atoms with Crippen LogP contribution in [0.25, 0.3) is 0 Å². The fourth-order valence-electron chi connectivity index (χ4n) is 2.67. The molecule has 0 unspecified atom stereocenters. The first kappa shape index (κ1) is 19.0. The smallest absolute Gasteiger partial charge is 0.196 e. The van der Waals surface area contributed by atoms with E-state index in [1.807, 2.05) is 6.07 Å². The average Bonchev–Trinajstić information content (AvgIpc) is 2.67. The van der Waals surface area contributed by atoms with E-state index in [4.69, 9.17) is 9.99 Å². The van der Waals surface area contributed by atoms with Gasteiger partial charge in [-0.15, -0.1) is 0 Å². The van der Waals surface area contributed by atoms with Crippen LogP contribution in [-0.4, -0.2) is 17.6 Å². The van der Waals surface area contributed by atoms with Gasteiger partial charge in [-0.3, -0.25) is 4.79 Å². The number of ketones is 1.